The maximum absolute atomic E-state index is 6.35. The molecule has 0 radical (unpaired) electrons. The molecule has 0 saturated carbocycles. The van der Waals surface area contributed by atoms with Gasteiger partial charge in [-0.25, -0.2) is 0 Å². The second-order valence-electron chi connectivity index (χ2n) is 3.95. The summed E-state index contributed by atoms with van der Waals surface area (Å²) in [5, 5.41) is -0.980. The topological polar surface area (TPSA) is 0 Å². The molecular weight excluding hydrogens is 274 g/mol. The molecule has 2 rings (SSSR count). The highest BCUT2D eigenvalue weighted by Gasteiger charge is 2.48. The zero-order valence-corrected chi connectivity index (χ0v) is 11.1. The minimum atomic E-state index is -0.718. The largest absolute Gasteiger partial charge is 0.119 e. The Labute approximate surface area is 109 Å². The van der Waals surface area contributed by atoms with Crippen molar-refractivity contribution in [1.82, 2.24) is 0 Å². The Bertz CT molecular complexity index is 375. The number of rotatable bonds is 0. The van der Waals surface area contributed by atoms with E-state index in [0.29, 0.717) is 0 Å². The SMILES string of the molecule is C[C@@]1(Cl)[C@H](Cl)c2ccccc2[C@@H](Cl)[C@H]1Cl. The lowest BCUT2D eigenvalue weighted by Gasteiger charge is -2.40. The second kappa shape index (κ2) is 4.00. The summed E-state index contributed by atoms with van der Waals surface area (Å²) in [6.07, 6.45) is 0. The fourth-order valence-corrected chi connectivity index (χ4v) is 3.31. The number of benzene rings is 1. The van der Waals surface area contributed by atoms with Gasteiger partial charge in [-0.15, -0.1) is 46.4 Å². The van der Waals surface area contributed by atoms with Crippen LogP contribution in [0.1, 0.15) is 28.8 Å². The zero-order chi connectivity index (χ0) is 11.2. The highest BCUT2D eigenvalue weighted by atomic mass is 35.5. The van der Waals surface area contributed by atoms with Gasteiger partial charge in [-0.05, 0) is 18.1 Å². The van der Waals surface area contributed by atoms with Crippen molar-refractivity contribution in [3.05, 3.63) is 35.4 Å². The summed E-state index contributed by atoms with van der Waals surface area (Å²) < 4.78 is 0. The van der Waals surface area contributed by atoms with Gasteiger partial charge in [0, 0.05) is 0 Å². The van der Waals surface area contributed by atoms with Crippen molar-refractivity contribution in [3.63, 3.8) is 0 Å². The predicted molar refractivity (Wildman–Crippen MR) is 67.5 cm³/mol. The van der Waals surface area contributed by atoms with Crippen LogP contribution in [0, 0.1) is 0 Å². The quantitative estimate of drug-likeness (QED) is 0.596. The predicted octanol–water partition coefficient (Wildman–Crippen LogP) is 4.86. The maximum atomic E-state index is 6.35. The molecule has 0 bridgehead atoms. The third kappa shape index (κ3) is 1.76. The molecule has 15 heavy (non-hydrogen) atoms. The average molecular weight is 284 g/mol. The first kappa shape index (κ1) is 11.9. The van der Waals surface area contributed by atoms with E-state index in [1.165, 1.54) is 0 Å². The van der Waals surface area contributed by atoms with Crippen LogP contribution in [0.15, 0.2) is 24.3 Å². The number of hydrogen-bond acceptors (Lipinski definition) is 0. The molecule has 0 aliphatic heterocycles. The first-order chi connectivity index (χ1) is 6.96. The van der Waals surface area contributed by atoms with Gasteiger partial charge in [0.05, 0.1) is 21.0 Å². The van der Waals surface area contributed by atoms with Gasteiger partial charge < -0.3 is 0 Å². The van der Waals surface area contributed by atoms with Crippen LogP contribution in [-0.4, -0.2) is 10.3 Å². The summed E-state index contributed by atoms with van der Waals surface area (Å²) in [7, 11) is 0. The van der Waals surface area contributed by atoms with Crippen molar-refractivity contribution < 1.29 is 0 Å². The Morgan fingerprint density at radius 3 is 2.20 bits per heavy atom. The van der Waals surface area contributed by atoms with Crippen molar-refractivity contribution in [2.45, 2.75) is 27.9 Å². The number of hydrogen-bond donors (Lipinski definition) is 0. The van der Waals surface area contributed by atoms with Gasteiger partial charge in [-0.2, -0.15) is 0 Å². The molecule has 0 fully saturated rings. The first-order valence-electron chi connectivity index (χ1n) is 4.66. The van der Waals surface area contributed by atoms with Crippen LogP contribution in [0.3, 0.4) is 0 Å². The van der Waals surface area contributed by atoms with Crippen LogP contribution >= 0.6 is 46.4 Å². The molecule has 4 heteroatoms. The van der Waals surface area contributed by atoms with E-state index in [0.717, 1.165) is 11.1 Å². The molecule has 1 aliphatic rings. The van der Waals surface area contributed by atoms with Gasteiger partial charge in [-0.1, -0.05) is 24.3 Å². The molecule has 0 amide bonds. The molecule has 0 N–H and O–H groups in total. The normalized spacial score (nSPS) is 39.9. The summed E-state index contributed by atoms with van der Waals surface area (Å²) in [4.78, 5) is -0.718. The van der Waals surface area contributed by atoms with Crippen LogP contribution in [-0.2, 0) is 0 Å². The Morgan fingerprint density at radius 2 is 1.60 bits per heavy atom. The first-order valence-corrected chi connectivity index (χ1v) is 6.35. The molecule has 1 aromatic carbocycles. The summed E-state index contributed by atoms with van der Waals surface area (Å²) in [6.45, 7) is 1.83. The van der Waals surface area contributed by atoms with Crippen molar-refractivity contribution in [2.75, 3.05) is 0 Å². The van der Waals surface area contributed by atoms with Gasteiger partial charge in [-0.3, -0.25) is 0 Å². The van der Waals surface area contributed by atoms with Crippen molar-refractivity contribution in [1.29, 1.82) is 0 Å². The molecule has 0 aromatic heterocycles. The Morgan fingerprint density at radius 1 is 1.07 bits per heavy atom. The highest BCUT2D eigenvalue weighted by molar-refractivity contribution is 6.40. The van der Waals surface area contributed by atoms with Crippen LogP contribution in [0.25, 0.3) is 0 Å². The number of alkyl halides is 4. The van der Waals surface area contributed by atoms with Gasteiger partial charge in [0.25, 0.3) is 0 Å². The molecule has 0 spiro atoms. The highest BCUT2D eigenvalue weighted by Crippen LogP contribution is 2.53. The van der Waals surface area contributed by atoms with Crippen LogP contribution in [0.4, 0.5) is 0 Å². The van der Waals surface area contributed by atoms with E-state index in [1.54, 1.807) is 0 Å². The fraction of sp³-hybridized carbons (Fsp3) is 0.455. The van der Waals surface area contributed by atoms with E-state index in [2.05, 4.69) is 0 Å². The van der Waals surface area contributed by atoms with Gasteiger partial charge in [0.1, 0.15) is 0 Å². The van der Waals surface area contributed by atoms with E-state index in [4.69, 9.17) is 46.4 Å². The molecule has 1 aromatic rings. The van der Waals surface area contributed by atoms with Crippen molar-refractivity contribution in [3.8, 4) is 0 Å². The molecule has 0 saturated heterocycles. The molecule has 82 valence electrons. The summed E-state index contributed by atoms with van der Waals surface area (Å²) in [5.41, 5.74) is 1.96. The summed E-state index contributed by atoms with van der Waals surface area (Å²) in [5.74, 6) is 0. The summed E-state index contributed by atoms with van der Waals surface area (Å²) in [6, 6.07) is 7.76. The third-order valence-electron chi connectivity index (χ3n) is 2.86. The molecular formula is C11H10Cl4. The fourth-order valence-electron chi connectivity index (χ4n) is 1.88. The van der Waals surface area contributed by atoms with Crippen LogP contribution < -0.4 is 0 Å². The molecule has 0 unspecified atom stereocenters. The van der Waals surface area contributed by atoms with Crippen LogP contribution in [0.2, 0.25) is 0 Å². The van der Waals surface area contributed by atoms with Gasteiger partial charge in [0.15, 0.2) is 0 Å². The van der Waals surface area contributed by atoms with E-state index in [1.807, 2.05) is 31.2 Å². The Hall–Kier alpha value is 0.380. The molecule has 4 atom stereocenters. The van der Waals surface area contributed by atoms with E-state index >= 15 is 0 Å². The third-order valence-corrected chi connectivity index (χ3v) is 5.54. The molecule has 1 aliphatic carbocycles. The van der Waals surface area contributed by atoms with Crippen LogP contribution in [0.5, 0.6) is 0 Å². The average Bonchev–Trinajstić information content (AvgIpc) is 2.24. The second-order valence-corrected chi connectivity index (χ2v) is 6.14. The summed E-state index contributed by atoms with van der Waals surface area (Å²) >= 11 is 25.2. The molecule has 0 heterocycles. The maximum Gasteiger partial charge on any atom is 0.0803 e. The minimum absolute atomic E-state index is 0.291. The Balaban J connectivity index is 2.57. The number of halogens is 4. The Kier molecular flexibility index (Phi) is 3.16. The van der Waals surface area contributed by atoms with E-state index < -0.39 is 4.87 Å². The zero-order valence-electron chi connectivity index (χ0n) is 8.05. The van der Waals surface area contributed by atoms with Gasteiger partial charge in [0.2, 0.25) is 0 Å². The van der Waals surface area contributed by atoms with Gasteiger partial charge >= 0.3 is 0 Å². The monoisotopic (exact) mass is 282 g/mol. The van der Waals surface area contributed by atoms with E-state index in [-0.39, 0.29) is 16.1 Å². The lowest BCUT2D eigenvalue weighted by Crippen LogP contribution is -2.41. The number of fused-ring (bicyclic) bond motifs is 1. The minimum Gasteiger partial charge on any atom is -0.119 e. The standard InChI is InChI=1S/C11H10Cl4/c1-11(15)9(13)7-5-3-2-4-6(7)8(12)10(11)14/h2-5,8-10H,1H3/t8-,9-,10-,11-/m1/s1. The van der Waals surface area contributed by atoms with Crippen molar-refractivity contribution in [2.24, 2.45) is 0 Å². The van der Waals surface area contributed by atoms with E-state index in [9.17, 15) is 0 Å². The molecule has 0 nitrogen and oxygen atoms in total. The smallest absolute Gasteiger partial charge is 0.0803 e. The lowest BCUT2D eigenvalue weighted by atomic mass is 9.83. The lowest BCUT2D eigenvalue weighted by molar-refractivity contribution is 0.522. The van der Waals surface area contributed by atoms with Crippen molar-refractivity contribution >= 4 is 46.4 Å².